The molecule has 0 radical (unpaired) electrons. The Kier molecular flexibility index (Phi) is 1.55. The van der Waals surface area contributed by atoms with Crippen molar-refractivity contribution >= 4 is 0 Å². The molecule has 2 fully saturated rings. The highest BCUT2D eigenvalue weighted by molar-refractivity contribution is 5.34. The fourth-order valence-electron chi connectivity index (χ4n) is 1.95. The van der Waals surface area contributed by atoms with Crippen molar-refractivity contribution in [1.82, 2.24) is 0 Å². The van der Waals surface area contributed by atoms with Crippen LogP contribution in [0.25, 0.3) is 0 Å². The molecule has 0 unspecified atom stereocenters. The molecule has 74 valence electrons. The van der Waals surface area contributed by atoms with Crippen LogP contribution in [0.15, 0.2) is 18.2 Å². The summed E-state index contributed by atoms with van der Waals surface area (Å²) >= 11 is 0. The lowest BCUT2D eigenvalue weighted by Gasteiger charge is -2.09. The fourth-order valence-corrected chi connectivity index (χ4v) is 1.95. The number of halogens is 1. The van der Waals surface area contributed by atoms with Crippen molar-refractivity contribution in [1.29, 1.82) is 0 Å². The quantitative estimate of drug-likeness (QED) is 0.763. The van der Waals surface area contributed by atoms with E-state index in [0.29, 0.717) is 5.92 Å². The molecule has 0 saturated heterocycles. The summed E-state index contributed by atoms with van der Waals surface area (Å²) in [6.45, 7) is 0. The van der Waals surface area contributed by atoms with E-state index in [1.807, 2.05) is 12.1 Å². The molecule has 2 saturated carbocycles. The van der Waals surface area contributed by atoms with Crippen molar-refractivity contribution < 1.29 is 9.50 Å². The van der Waals surface area contributed by atoms with E-state index < -0.39 is 5.60 Å². The second kappa shape index (κ2) is 2.57. The zero-order valence-corrected chi connectivity index (χ0v) is 7.96. The van der Waals surface area contributed by atoms with Crippen molar-refractivity contribution in [2.75, 3.05) is 0 Å². The largest absolute Gasteiger partial charge is 0.385 e. The van der Waals surface area contributed by atoms with Gasteiger partial charge in [0.05, 0.1) is 5.60 Å². The third-order valence-corrected chi connectivity index (χ3v) is 3.28. The average molecular weight is 192 g/mol. The first-order chi connectivity index (χ1) is 6.69. The molecule has 1 nitrogen and oxygen atoms in total. The van der Waals surface area contributed by atoms with Crippen molar-refractivity contribution in [2.45, 2.75) is 37.2 Å². The molecule has 0 aliphatic heterocycles. The van der Waals surface area contributed by atoms with E-state index in [-0.39, 0.29) is 5.82 Å². The van der Waals surface area contributed by atoms with Gasteiger partial charge in [-0.05, 0) is 48.8 Å². The zero-order valence-electron chi connectivity index (χ0n) is 7.96. The van der Waals surface area contributed by atoms with Crippen LogP contribution in [0.1, 0.15) is 42.7 Å². The zero-order chi connectivity index (χ0) is 9.76. The first-order valence-electron chi connectivity index (χ1n) is 5.21. The lowest BCUT2D eigenvalue weighted by atomic mass is 10.0. The van der Waals surface area contributed by atoms with Crippen molar-refractivity contribution in [3.8, 4) is 0 Å². The second-order valence-corrected chi connectivity index (χ2v) is 4.54. The summed E-state index contributed by atoms with van der Waals surface area (Å²) in [5, 5.41) is 9.80. The lowest BCUT2D eigenvalue weighted by molar-refractivity contribution is 0.151. The van der Waals surface area contributed by atoms with Crippen LogP contribution in [0.3, 0.4) is 0 Å². The average Bonchev–Trinajstić information content (AvgIpc) is 2.99. The Morgan fingerprint density at radius 2 is 2.00 bits per heavy atom. The van der Waals surface area contributed by atoms with Crippen LogP contribution < -0.4 is 0 Å². The first-order valence-corrected chi connectivity index (χ1v) is 5.21. The Morgan fingerprint density at radius 1 is 1.29 bits per heavy atom. The Bertz CT molecular complexity index is 378. The normalized spacial score (nSPS) is 23.6. The minimum Gasteiger partial charge on any atom is -0.385 e. The molecule has 2 aliphatic rings. The minimum absolute atomic E-state index is 0.134. The van der Waals surface area contributed by atoms with E-state index in [1.165, 1.54) is 6.07 Å². The molecule has 0 amide bonds. The third-order valence-electron chi connectivity index (χ3n) is 3.28. The number of aliphatic hydroxyl groups is 1. The minimum atomic E-state index is -0.705. The Labute approximate surface area is 82.6 Å². The summed E-state index contributed by atoms with van der Waals surface area (Å²) < 4.78 is 13.6. The maximum absolute atomic E-state index is 13.6. The van der Waals surface area contributed by atoms with Gasteiger partial charge in [-0.3, -0.25) is 0 Å². The number of rotatable bonds is 2. The van der Waals surface area contributed by atoms with Crippen LogP contribution >= 0.6 is 0 Å². The van der Waals surface area contributed by atoms with Gasteiger partial charge >= 0.3 is 0 Å². The molecule has 1 aromatic carbocycles. The highest BCUT2D eigenvalue weighted by Gasteiger charge is 2.42. The predicted octanol–water partition coefficient (Wildman–Crippen LogP) is 2.68. The molecule has 14 heavy (non-hydrogen) atoms. The molecule has 2 aliphatic carbocycles. The van der Waals surface area contributed by atoms with Crippen LogP contribution in [-0.4, -0.2) is 5.11 Å². The van der Waals surface area contributed by atoms with E-state index in [4.69, 9.17) is 0 Å². The number of benzene rings is 1. The van der Waals surface area contributed by atoms with Gasteiger partial charge in [0.25, 0.3) is 0 Å². The van der Waals surface area contributed by atoms with Crippen LogP contribution in [0.2, 0.25) is 0 Å². The SMILES string of the molecule is OC1(c2ccc(C3CC3)c(F)c2)CC1. The van der Waals surface area contributed by atoms with Crippen molar-refractivity contribution in [3.63, 3.8) is 0 Å². The summed E-state index contributed by atoms with van der Waals surface area (Å²) in [5.74, 6) is 0.309. The van der Waals surface area contributed by atoms with Crippen molar-refractivity contribution in [2.24, 2.45) is 0 Å². The molecule has 1 N–H and O–H groups in total. The third kappa shape index (κ3) is 1.25. The lowest BCUT2D eigenvalue weighted by Crippen LogP contribution is -2.05. The predicted molar refractivity (Wildman–Crippen MR) is 51.5 cm³/mol. The van der Waals surface area contributed by atoms with E-state index in [0.717, 1.165) is 36.8 Å². The van der Waals surface area contributed by atoms with Gasteiger partial charge in [-0.25, -0.2) is 4.39 Å². The summed E-state index contributed by atoms with van der Waals surface area (Å²) in [6.07, 6.45) is 3.77. The molecular weight excluding hydrogens is 179 g/mol. The topological polar surface area (TPSA) is 20.2 Å². The van der Waals surface area contributed by atoms with Gasteiger partial charge in [0.1, 0.15) is 5.82 Å². The molecule has 1 aromatic rings. The fraction of sp³-hybridized carbons (Fsp3) is 0.500. The summed E-state index contributed by atoms with van der Waals surface area (Å²) in [4.78, 5) is 0. The van der Waals surface area contributed by atoms with Crippen LogP contribution in [0.4, 0.5) is 4.39 Å². The molecule has 0 bridgehead atoms. The van der Waals surface area contributed by atoms with Gasteiger partial charge in [-0.15, -0.1) is 0 Å². The summed E-state index contributed by atoms with van der Waals surface area (Å²) in [5.41, 5.74) is 0.875. The Hall–Kier alpha value is -0.890. The summed E-state index contributed by atoms with van der Waals surface area (Å²) in [7, 11) is 0. The molecule has 0 spiro atoms. The highest BCUT2D eigenvalue weighted by atomic mass is 19.1. The molecule has 3 rings (SSSR count). The monoisotopic (exact) mass is 192 g/mol. The van der Waals surface area contributed by atoms with Gasteiger partial charge in [0, 0.05) is 0 Å². The molecule has 0 atom stereocenters. The molecule has 0 aromatic heterocycles. The van der Waals surface area contributed by atoms with Gasteiger partial charge < -0.3 is 5.11 Å². The first kappa shape index (κ1) is 8.42. The van der Waals surface area contributed by atoms with E-state index in [9.17, 15) is 9.50 Å². The van der Waals surface area contributed by atoms with Crippen molar-refractivity contribution in [3.05, 3.63) is 35.1 Å². The van der Waals surface area contributed by atoms with E-state index in [2.05, 4.69) is 0 Å². The highest BCUT2D eigenvalue weighted by Crippen LogP contribution is 2.47. The van der Waals surface area contributed by atoms with E-state index in [1.54, 1.807) is 0 Å². The summed E-state index contributed by atoms with van der Waals surface area (Å²) in [6, 6.07) is 5.24. The van der Waals surface area contributed by atoms with Gasteiger partial charge in [0.2, 0.25) is 0 Å². The molecule has 2 heteroatoms. The smallest absolute Gasteiger partial charge is 0.127 e. The Morgan fingerprint density at radius 3 is 2.50 bits per heavy atom. The van der Waals surface area contributed by atoms with Gasteiger partial charge in [0.15, 0.2) is 0 Å². The molecule has 0 heterocycles. The van der Waals surface area contributed by atoms with E-state index >= 15 is 0 Å². The standard InChI is InChI=1S/C12H13FO/c13-11-7-9(12(14)5-6-12)3-4-10(11)8-1-2-8/h3-4,7-8,14H,1-2,5-6H2. The maximum Gasteiger partial charge on any atom is 0.127 e. The number of hydrogen-bond donors (Lipinski definition) is 1. The second-order valence-electron chi connectivity index (χ2n) is 4.54. The van der Waals surface area contributed by atoms with Crippen LogP contribution in [0.5, 0.6) is 0 Å². The van der Waals surface area contributed by atoms with Gasteiger partial charge in [-0.1, -0.05) is 12.1 Å². The molecular formula is C12H13FO. The van der Waals surface area contributed by atoms with Gasteiger partial charge in [-0.2, -0.15) is 0 Å². The maximum atomic E-state index is 13.6. The number of hydrogen-bond acceptors (Lipinski definition) is 1. The van der Waals surface area contributed by atoms with Crippen LogP contribution in [0, 0.1) is 5.82 Å². The van der Waals surface area contributed by atoms with Crippen LogP contribution in [-0.2, 0) is 5.60 Å². The Balaban J connectivity index is 1.97.